The Bertz CT molecular complexity index is 4860. The fraction of sp³-hybridized carbons (Fsp3) is 0.543. The number of carbonyl (C=O) groups excluding carboxylic acids is 10. The van der Waals surface area contributed by atoms with Crippen LogP contribution in [0.1, 0.15) is 182 Å². The van der Waals surface area contributed by atoms with E-state index in [9.17, 15) is 75.7 Å². The average Bonchev–Trinajstić information content (AvgIpc) is 1.59. The number of hydrogen-bond acceptors (Lipinski definition) is 16. The molecule has 6 amide bonds. The molecule has 26 nitrogen and oxygen atoms in total. The number of ether oxygens (including phenoxy) is 2. The number of amides is 6. The summed E-state index contributed by atoms with van der Waals surface area (Å²) in [6, 6.07) is 13.3. The number of rotatable bonds is 34. The largest absolute Gasteiger partial charge is 0.461 e. The van der Waals surface area contributed by atoms with Gasteiger partial charge in [0.15, 0.2) is 0 Å². The minimum Gasteiger partial charge on any atom is -0.461 e. The Morgan fingerprint density at radius 3 is 0.959 bits per heavy atom. The Hall–Kier alpha value is -10.3. The van der Waals surface area contributed by atoms with E-state index in [0.29, 0.717) is 130 Å². The molecule has 0 spiro atoms. The number of aliphatic hydroxyl groups is 2. The van der Waals surface area contributed by atoms with Gasteiger partial charge in [-0.1, -0.05) is 55.4 Å². The topological polar surface area (TPSA) is 354 Å². The number of nitrogens with one attached hydrogen (secondary N) is 8. The number of likely N-dealkylation sites (tertiary alicyclic amines) is 4. The van der Waals surface area contributed by atoms with E-state index in [1.165, 1.54) is 62.4 Å². The Balaban J connectivity index is 0.000000239. The molecule has 30 heteroatoms. The van der Waals surface area contributed by atoms with E-state index in [2.05, 4.69) is 41.2 Å². The van der Waals surface area contributed by atoms with Gasteiger partial charge in [0.05, 0.1) is 60.2 Å². The smallest absolute Gasteiger partial charge is 0.302 e. The van der Waals surface area contributed by atoms with Gasteiger partial charge in [-0.3, -0.25) is 47.9 Å². The van der Waals surface area contributed by atoms with E-state index in [1.54, 1.807) is 78.7 Å². The molecule has 660 valence electrons. The predicted molar refractivity (Wildman–Crippen MR) is 457 cm³/mol. The normalized spacial score (nSPS) is 21.1. The van der Waals surface area contributed by atoms with Gasteiger partial charge in [-0.15, -0.1) is 0 Å². The van der Waals surface area contributed by atoms with Crippen molar-refractivity contribution < 1.29 is 85.2 Å². The van der Waals surface area contributed by atoms with E-state index in [0.717, 1.165) is 16.7 Å². The first-order chi connectivity index (χ1) is 58.1. The minimum atomic E-state index is -0.822. The molecular formula is C92H120F4N12O14. The molecule has 4 fully saturated rings. The second-order valence-corrected chi connectivity index (χ2v) is 33.9. The number of β-amino-alcohol motifs (C(OH)–C–C–N with tert-alkyl or cyclic N) is 2. The number of fused-ring (bicyclic) bond motifs is 4. The molecule has 0 radical (unpaired) electrons. The third kappa shape index (κ3) is 20.8. The van der Waals surface area contributed by atoms with Gasteiger partial charge in [0.1, 0.15) is 59.1 Å². The van der Waals surface area contributed by atoms with Gasteiger partial charge < -0.3 is 80.5 Å². The maximum atomic E-state index is 15.0. The lowest BCUT2D eigenvalue weighted by Crippen LogP contribution is -2.51. The molecule has 4 saturated heterocycles. The molecule has 0 unspecified atom stereocenters. The minimum absolute atomic E-state index is 0.0353. The molecule has 10 N–H and O–H groups in total. The fourth-order valence-electron chi connectivity index (χ4n) is 18.1. The Labute approximate surface area is 708 Å². The van der Waals surface area contributed by atoms with Gasteiger partial charge in [-0.05, 0) is 200 Å². The fourth-order valence-corrected chi connectivity index (χ4v) is 18.1. The molecule has 122 heavy (non-hydrogen) atoms. The SMILES string of the molecule is CC[C@H](CC(=O)[C@H](C)NC)C(=O)N1C[C@@H](O)C[C@H]1Cc1c(-c2[nH]c3cc(F)ccc3c2C[C@@H]2C[C@H](O)CN2C(=O)[C@H](CC)NC(=O)[C@H](C)CC)[nH]c2cc(F)ccc12.CC[C@H](CC(=O)[C@H](C)NC)C(=O)N1C[C@@H](OC(C)=O)C[C@H]1Cc1c(-c2[nH]c3cc(F)ccc3c2C[C@@H]2C[C@H](OC(C)=O)CN2C(=O)[C@H](CC)NC(=O)[C@H](C)CC)[nH]c2cc(F)ccc12. The van der Waals surface area contributed by atoms with Gasteiger partial charge >= 0.3 is 11.9 Å². The summed E-state index contributed by atoms with van der Waals surface area (Å²) < 4.78 is 70.9. The number of H-pyrrole nitrogens is 4. The summed E-state index contributed by atoms with van der Waals surface area (Å²) in [5.74, 6) is -6.23. The maximum absolute atomic E-state index is 15.0. The second-order valence-electron chi connectivity index (χ2n) is 33.9. The van der Waals surface area contributed by atoms with Crippen LogP contribution in [-0.2, 0) is 83.1 Å². The zero-order chi connectivity index (χ0) is 88.6. The highest BCUT2D eigenvalue weighted by Gasteiger charge is 2.46. The van der Waals surface area contributed by atoms with Crippen LogP contribution in [0.25, 0.3) is 66.4 Å². The lowest BCUT2D eigenvalue weighted by atomic mass is 9.93. The van der Waals surface area contributed by atoms with Crippen LogP contribution in [0, 0.1) is 46.9 Å². The summed E-state index contributed by atoms with van der Waals surface area (Å²) in [6.07, 6.45) is 2.29. The van der Waals surface area contributed by atoms with Crippen molar-refractivity contribution in [3.8, 4) is 22.8 Å². The summed E-state index contributed by atoms with van der Waals surface area (Å²) >= 11 is 0. The van der Waals surface area contributed by atoms with E-state index in [1.807, 2.05) is 48.5 Å². The molecule has 0 aliphatic carbocycles. The van der Waals surface area contributed by atoms with Crippen molar-refractivity contribution in [2.45, 2.75) is 259 Å². The predicted octanol–water partition coefficient (Wildman–Crippen LogP) is 11.4. The van der Waals surface area contributed by atoms with Gasteiger partial charge in [0.2, 0.25) is 35.4 Å². The first-order valence-corrected chi connectivity index (χ1v) is 43.3. The molecule has 8 aromatic rings. The van der Waals surface area contributed by atoms with Gasteiger partial charge in [0.25, 0.3) is 0 Å². The van der Waals surface area contributed by atoms with Crippen molar-refractivity contribution in [2.24, 2.45) is 23.7 Å². The summed E-state index contributed by atoms with van der Waals surface area (Å²) in [6.45, 7) is 21.4. The number of hydrogen-bond donors (Lipinski definition) is 10. The van der Waals surface area contributed by atoms with Crippen molar-refractivity contribution in [1.29, 1.82) is 0 Å². The van der Waals surface area contributed by atoms with Crippen LogP contribution in [0.4, 0.5) is 17.6 Å². The number of nitrogens with zero attached hydrogens (tertiary/aromatic N) is 4. The van der Waals surface area contributed by atoms with E-state index in [4.69, 9.17) is 9.47 Å². The van der Waals surface area contributed by atoms with Crippen LogP contribution in [0.3, 0.4) is 0 Å². The van der Waals surface area contributed by atoms with Crippen molar-refractivity contribution >= 4 is 103 Å². The summed E-state index contributed by atoms with van der Waals surface area (Å²) in [5, 5.41) is 36.4. The number of aromatic amines is 4. The van der Waals surface area contributed by atoms with Gasteiger partial charge in [-0.2, -0.15) is 0 Å². The molecule has 4 aromatic heterocycles. The molecule has 8 heterocycles. The lowest BCUT2D eigenvalue weighted by Gasteiger charge is -2.30. The van der Waals surface area contributed by atoms with Crippen molar-refractivity contribution in [3.05, 3.63) is 118 Å². The Kier molecular flexibility index (Phi) is 30.6. The highest BCUT2D eigenvalue weighted by Crippen LogP contribution is 2.44. The molecule has 12 rings (SSSR count). The number of halogens is 4. The van der Waals surface area contributed by atoms with E-state index in [-0.39, 0.29) is 130 Å². The maximum Gasteiger partial charge on any atom is 0.302 e. The van der Waals surface area contributed by atoms with Crippen LogP contribution in [0.5, 0.6) is 0 Å². The quantitative estimate of drug-likeness (QED) is 0.0132. The van der Waals surface area contributed by atoms with Crippen LogP contribution < -0.4 is 21.3 Å². The molecule has 0 saturated carbocycles. The number of carbonyl (C=O) groups is 10. The zero-order valence-corrected chi connectivity index (χ0v) is 72.4. The van der Waals surface area contributed by atoms with Gasteiger partial charge in [-0.25, -0.2) is 17.6 Å². The third-order valence-electron chi connectivity index (χ3n) is 25.6. The number of ketones is 2. The van der Waals surface area contributed by atoms with Crippen LogP contribution in [0.2, 0.25) is 0 Å². The number of aliphatic hydroxyl groups excluding tert-OH is 2. The summed E-state index contributed by atoms with van der Waals surface area (Å²) in [7, 11) is 3.38. The lowest BCUT2D eigenvalue weighted by molar-refractivity contribution is -0.147. The summed E-state index contributed by atoms with van der Waals surface area (Å²) in [5.41, 5.74) is 7.19. The van der Waals surface area contributed by atoms with Crippen molar-refractivity contribution in [2.75, 3.05) is 40.3 Å². The molecule has 4 aliphatic rings. The molecular weight excluding hydrogens is 1570 g/mol. The van der Waals surface area contributed by atoms with E-state index < -0.39 is 120 Å². The number of Topliss-reactive ketones (excluding diaryl/α,β-unsaturated/α-hetero) is 2. The molecule has 0 bridgehead atoms. The monoisotopic (exact) mass is 1690 g/mol. The zero-order valence-electron chi connectivity index (χ0n) is 72.4. The van der Waals surface area contributed by atoms with Crippen LogP contribution >= 0.6 is 0 Å². The van der Waals surface area contributed by atoms with Crippen molar-refractivity contribution in [3.63, 3.8) is 0 Å². The second kappa shape index (κ2) is 40.4. The number of benzene rings is 4. The number of esters is 2. The van der Waals surface area contributed by atoms with Gasteiger partial charge in [0, 0.05) is 144 Å². The standard InChI is InChI=1S/C48H62F2N6O8.C44H58F2N6O6/c1-9-25(4)46(60)54-40(11-3)48(62)56-24-35(64-28(7)58)20-33(56)22-39-37-15-13-31(50)18-42(37)53-45(39)44-38(36-14-12-30(49)17-41(36)52-44)21-32-19-34(63-27(6)57)23-55(32)47(61)29(10-2)16-43(59)26(5)51-8;1-7-23(4)42(56)50-36(9-3)44(58)52-22-31(54)18-29(52)20-35-33-13-11-27(46)16-38(33)49-41(35)40-34(32-12-10-26(45)15-37(32)48-40)19-28-17-30(53)21-51(28)43(57)25(8-2)14-39(55)24(5)47-6/h12-15,17-18,25-26,29,32-35,40,51-53H,9-11,16,19-24H2,1-8H3,(H,54,60);10-13,15-16,23-25,28-31,36,47-49,53-54H,7-9,14,17-22H2,1-6H3,(H,50,56)/t25-,26+,29-,32+,33+,34+,35+,40+;23-,24+,25-,28+,29+,30+,31+,36+/m11/s1. The molecule has 4 aliphatic heterocycles. The van der Waals surface area contributed by atoms with E-state index >= 15 is 0 Å². The molecule has 16 atom stereocenters. The Morgan fingerprint density at radius 1 is 0.410 bits per heavy atom. The average molecular weight is 1690 g/mol. The highest BCUT2D eigenvalue weighted by atomic mass is 19.1. The number of likely N-dealkylation sites (N-methyl/N-ethyl adjacent to an activating group) is 2. The highest BCUT2D eigenvalue weighted by molar-refractivity contribution is 5.99. The first-order valence-electron chi connectivity index (χ1n) is 43.3. The number of aromatic nitrogens is 4. The van der Waals surface area contributed by atoms with Crippen molar-refractivity contribution in [1.82, 2.24) is 60.8 Å². The molecule has 4 aromatic carbocycles. The third-order valence-corrected chi connectivity index (χ3v) is 25.6. The van der Waals surface area contributed by atoms with Crippen LogP contribution in [0.15, 0.2) is 72.8 Å². The Morgan fingerprint density at radius 2 is 0.689 bits per heavy atom. The first kappa shape index (κ1) is 92.4. The summed E-state index contributed by atoms with van der Waals surface area (Å²) in [4.78, 5) is 154. The van der Waals surface area contributed by atoms with Crippen LogP contribution in [-0.4, -0.2) is 222 Å².